The third kappa shape index (κ3) is 1.78. The lowest BCUT2D eigenvalue weighted by Gasteiger charge is -2.23. The highest BCUT2D eigenvalue weighted by Crippen LogP contribution is 2.39. The zero-order valence-corrected chi connectivity index (χ0v) is 5.94. The molecule has 0 aliphatic heterocycles. The maximum absolute atomic E-state index is 10.2. The van der Waals surface area contributed by atoms with Crippen LogP contribution in [-0.4, -0.2) is 19.3 Å². The van der Waals surface area contributed by atoms with Crippen molar-refractivity contribution >= 4 is 20.8 Å². The van der Waals surface area contributed by atoms with Crippen molar-refractivity contribution in [3.8, 4) is 0 Å². The largest absolute Gasteiger partial charge is 0.286 e. The van der Waals surface area contributed by atoms with E-state index in [0.29, 0.717) is 0 Å². The Balaban J connectivity index is 4.38. The minimum Gasteiger partial charge on any atom is -0.286 e. The molecule has 2 N–H and O–H groups in total. The van der Waals surface area contributed by atoms with Gasteiger partial charge in [-0.3, -0.25) is 18.7 Å². The summed E-state index contributed by atoms with van der Waals surface area (Å²) >= 11 is 0. The van der Waals surface area contributed by atoms with Gasteiger partial charge in [0.25, 0.3) is 0 Å². The van der Waals surface area contributed by atoms with Crippen LogP contribution in [0.25, 0.3) is 0 Å². The van der Waals surface area contributed by atoms with Crippen molar-refractivity contribution in [2.24, 2.45) is 0 Å². The highest BCUT2D eigenvalue weighted by Gasteiger charge is 2.23. The maximum Gasteiger partial charge on any atom is 0.243 e. The molecule has 0 saturated heterocycles. The molecule has 0 radical (unpaired) electrons. The summed E-state index contributed by atoms with van der Waals surface area (Å²) in [6.45, 7) is 1.94. The van der Waals surface area contributed by atoms with Crippen molar-refractivity contribution in [1.82, 2.24) is 0 Å². The molecule has 0 saturated carbocycles. The van der Waals surface area contributed by atoms with E-state index in [1.54, 1.807) is 0 Å². The van der Waals surface area contributed by atoms with E-state index in [-0.39, 0.29) is 0 Å². The number of carbonyl (C=O) groups is 2. The second-order valence-electron chi connectivity index (χ2n) is 1.53. The molecule has 0 heterocycles. The first-order valence-electron chi connectivity index (χ1n) is 2.18. The summed E-state index contributed by atoms with van der Waals surface area (Å²) in [6, 6.07) is 0. The van der Waals surface area contributed by atoms with Gasteiger partial charge in [-0.1, -0.05) is 10.6 Å². The van der Waals surface area contributed by atoms with Gasteiger partial charge in [-0.15, -0.1) is 0 Å². The van der Waals surface area contributed by atoms with Crippen LogP contribution < -0.4 is 0 Å². The molecule has 0 rings (SSSR count). The molecular weight excluding hydrogens is 144 g/mol. The van der Waals surface area contributed by atoms with Gasteiger partial charge in [-0.05, 0) is 0 Å². The Morgan fingerprint density at radius 2 is 1.33 bits per heavy atom. The summed E-state index contributed by atoms with van der Waals surface area (Å²) in [6.07, 6.45) is 0. The normalized spacial score (nSPS) is 12.9. The van der Waals surface area contributed by atoms with E-state index in [4.69, 9.17) is 9.11 Å². The molecule has 0 aliphatic carbocycles. The molecule has 54 valence electrons. The lowest BCUT2D eigenvalue weighted by molar-refractivity contribution is -0.113. The molecule has 0 amide bonds. The molecule has 0 fully saturated rings. The van der Waals surface area contributed by atoms with Crippen LogP contribution in [0.5, 0.6) is 0 Å². The van der Waals surface area contributed by atoms with Crippen LogP contribution >= 0.6 is 10.6 Å². The summed E-state index contributed by atoms with van der Waals surface area (Å²) in [5.74, 6) is 0. The Morgan fingerprint density at radius 3 is 1.33 bits per heavy atom. The molecule has 0 aromatic carbocycles. The first-order chi connectivity index (χ1) is 3.89. The quantitative estimate of drug-likeness (QED) is 0.539. The molecular formula is C4H8O4S. The van der Waals surface area contributed by atoms with Crippen LogP contribution in [0.4, 0.5) is 0 Å². The van der Waals surface area contributed by atoms with Crippen LogP contribution in [0, 0.1) is 0 Å². The van der Waals surface area contributed by atoms with Crippen LogP contribution in [0.1, 0.15) is 13.8 Å². The fraction of sp³-hybridized carbons (Fsp3) is 0.500. The van der Waals surface area contributed by atoms with Gasteiger partial charge in [0.2, 0.25) is 10.2 Å². The standard InChI is InChI=1S/C4H8O4S/c1-3(5)9(7,8)4(2)6/h7-8H,1-2H3. The fourth-order valence-electron chi connectivity index (χ4n) is 0.202. The Hall–Kier alpha value is -0.390. The number of hydrogen-bond acceptors (Lipinski definition) is 4. The monoisotopic (exact) mass is 152 g/mol. The van der Waals surface area contributed by atoms with E-state index in [1.807, 2.05) is 0 Å². The Kier molecular flexibility index (Phi) is 2.36. The molecule has 0 spiro atoms. The van der Waals surface area contributed by atoms with E-state index in [1.165, 1.54) is 0 Å². The average molecular weight is 152 g/mol. The molecule has 0 unspecified atom stereocenters. The summed E-state index contributed by atoms with van der Waals surface area (Å²) in [5.41, 5.74) is 0. The van der Waals surface area contributed by atoms with E-state index >= 15 is 0 Å². The topological polar surface area (TPSA) is 74.6 Å². The summed E-state index contributed by atoms with van der Waals surface area (Å²) in [4.78, 5) is 20.4. The van der Waals surface area contributed by atoms with Crippen LogP contribution in [0.15, 0.2) is 0 Å². The second kappa shape index (κ2) is 2.47. The summed E-state index contributed by atoms with van der Waals surface area (Å²) < 4.78 is 17.2. The Morgan fingerprint density at radius 1 is 1.11 bits per heavy atom. The third-order valence-electron chi connectivity index (χ3n) is 0.802. The minimum absolute atomic E-state index is 0.880. The van der Waals surface area contributed by atoms with Crippen molar-refractivity contribution in [2.45, 2.75) is 13.8 Å². The minimum atomic E-state index is -3.59. The number of hydrogen-bond donors (Lipinski definition) is 2. The molecule has 4 nitrogen and oxygen atoms in total. The highest BCUT2D eigenvalue weighted by atomic mass is 32.3. The highest BCUT2D eigenvalue weighted by molar-refractivity contribution is 8.47. The van der Waals surface area contributed by atoms with Crippen LogP contribution in [-0.2, 0) is 9.59 Å². The molecule has 0 aromatic heterocycles. The lowest BCUT2D eigenvalue weighted by atomic mass is 10.9. The van der Waals surface area contributed by atoms with Crippen molar-refractivity contribution in [3.63, 3.8) is 0 Å². The molecule has 5 heteroatoms. The van der Waals surface area contributed by atoms with Gasteiger partial charge < -0.3 is 0 Å². The van der Waals surface area contributed by atoms with Gasteiger partial charge in [0.1, 0.15) is 0 Å². The Bertz CT molecular complexity index is 135. The summed E-state index contributed by atoms with van der Waals surface area (Å²) in [5, 5.41) is -1.76. The van der Waals surface area contributed by atoms with Crippen molar-refractivity contribution in [1.29, 1.82) is 0 Å². The van der Waals surface area contributed by atoms with Gasteiger partial charge >= 0.3 is 0 Å². The van der Waals surface area contributed by atoms with Gasteiger partial charge in [0, 0.05) is 13.8 Å². The maximum atomic E-state index is 10.2. The first kappa shape index (κ1) is 8.61. The third-order valence-corrected chi connectivity index (χ3v) is 2.41. The summed E-state index contributed by atoms with van der Waals surface area (Å²) in [7, 11) is -3.59. The number of rotatable bonds is 0. The number of carbonyl (C=O) groups excluding carboxylic acids is 2. The van der Waals surface area contributed by atoms with Gasteiger partial charge in [-0.25, -0.2) is 0 Å². The molecule has 0 aliphatic rings. The molecule has 0 atom stereocenters. The predicted octanol–water partition coefficient (Wildman–Crippen LogP) is 0.830. The van der Waals surface area contributed by atoms with Crippen molar-refractivity contribution in [3.05, 3.63) is 0 Å². The van der Waals surface area contributed by atoms with E-state index in [9.17, 15) is 9.59 Å². The zero-order chi connectivity index (χ0) is 7.65. The van der Waals surface area contributed by atoms with Crippen molar-refractivity contribution in [2.75, 3.05) is 0 Å². The van der Waals surface area contributed by atoms with Crippen molar-refractivity contribution < 1.29 is 18.7 Å². The second-order valence-corrected chi connectivity index (χ2v) is 3.78. The average Bonchev–Trinajstić information content (AvgIpc) is 1.65. The van der Waals surface area contributed by atoms with E-state index in [2.05, 4.69) is 0 Å². The molecule has 0 aromatic rings. The van der Waals surface area contributed by atoms with Crippen LogP contribution in [0.2, 0.25) is 0 Å². The van der Waals surface area contributed by atoms with E-state index < -0.39 is 20.8 Å². The van der Waals surface area contributed by atoms with Gasteiger partial charge in [0.15, 0.2) is 0 Å². The van der Waals surface area contributed by atoms with Gasteiger partial charge in [-0.2, -0.15) is 0 Å². The molecule has 9 heavy (non-hydrogen) atoms. The molecule has 0 bridgehead atoms. The van der Waals surface area contributed by atoms with Gasteiger partial charge in [0.05, 0.1) is 0 Å². The van der Waals surface area contributed by atoms with Crippen LogP contribution in [0.3, 0.4) is 0 Å². The first-order valence-corrected chi connectivity index (χ1v) is 3.73. The zero-order valence-electron chi connectivity index (χ0n) is 5.12. The lowest BCUT2D eigenvalue weighted by Crippen LogP contribution is -2.14. The van der Waals surface area contributed by atoms with E-state index in [0.717, 1.165) is 13.8 Å². The predicted molar refractivity (Wildman–Crippen MR) is 34.2 cm³/mol. The fourth-order valence-corrected chi connectivity index (χ4v) is 0.607. The Labute approximate surface area is 54.2 Å². The smallest absolute Gasteiger partial charge is 0.243 e. The SMILES string of the molecule is CC(=O)S(O)(O)C(C)=O.